The SMILES string of the molecule is NCc1ccccc1C(=O)Nc1cccc2cccnc12. The lowest BCUT2D eigenvalue weighted by Crippen LogP contribution is -2.16. The lowest BCUT2D eigenvalue weighted by molar-refractivity contribution is 0.102. The van der Waals surface area contributed by atoms with Gasteiger partial charge in [-0.25, -0.2) is 0 Å². The van der Waals surface area contributed by atoms with E-state index in [-0.39, 0.29) is 5.91 Å². The van der Waals surface area contributed by atoms with Crippen molar-refractivity contribution in [1.82, 2.24) is 4.98 Å². The monoisotopic (exact) mass is 277 g/mol. The number of nitrogens with two attached hydrogens (primary N) is 1. The second-order valence-corrected chi connectivity index (χ2v) is 4.70. The molecule has 0 aliphatic rings. The molecule has 1 heterocycles. The van der Waals surface area contributed by atoms with Gasteiger partial charge in [-0.2, -0.15) is 0 Å². The molecule has 1 amide bonds. The van der Waals surface area contributed by atoms with Crippen LogP contribution in [0.5, 0.6) is 0 Å². The number of nitrogens with one attached hydrogen (secondary N) is 1. The van der Waals surface area contributed by atoms with E-state index in [1.54, 1.807) is 12.3 Å². The number of pyridine rings is 1. The maximum Gasteiger partial charge on any atom is 0.256 e. The van der Waals surface area contributed by atoms with Crippen LogP contribution in [0.4, 0.5) is 5.69 Å². The molecule has 3 aromatic rings. The van der Waals surface area contributed by atoms with Crippen molar-refractivity contribution in [2.75, 3.05) is 5.32 Å². The van der Waals surface area contributed by atoms with Crippen molar-refractivity contribution in [3.8, 4) is 0 Å². The zero-order valence-electron chi connectivity index (χ0n) is 11.4. The summed E-state index contributed by atoms with van der Waals surface area (Å²) in [7, 11) is 0. The van der Waals surface area contributed by atoms with Gasteiger partial charge >= 0.3 is 0 Å². The number of carbonyl (C=O) groups excluding carboxylic acids is 1. The molecule has 0 bridgehead atoms. The summed E-state index contributed by atoms with van der Waals surface area (Å²) in [5.74, 6) is -0.172. The third-order valence-electron chi connectivity index (χ3n) is 3.36. The quantitative estimate of drug-likeness (QED) is 0.773. The van der Waals surface area contributed by atoms with Gasteiger partial charge in [0.1, 0.15) is 0 Å². The smallest absolute Gasteiger partial charge is 0.256 e. The van der Waals surface area contributed by atoms with E-state index in [0.29, 0.717) is 17.8 Å². The number of benzene rings is 2. The number of hydrogen-bond acceptors (Lipinski definition) is 3. The van der Waals surface area contributed by atoms with E-state index >= 15 is 0 Å². The van der Waals surface area contributed by atoms with Crippen LogP contribution in [0.2, 0.25) is 0 Å². The van der Waals surface area contributed by atoms with Crippen LogP contribution in [0.25, 0.3) is 10.9 Å². The normalized spacial score (nSPS) is 10.5. The van der Waals surface area contributed by atoms with Crippen molar-refractivity contribution in [3.63, 3.8) is 0 Å². The molecule has 0 aliphatic heterocycles. The molecule has 0 radical (unpaired) electrons. The van der Waals surface area contributed by atoms with Crippen molar-refractivity contribution in [1.29, 1.82) is 0 Å². The fourth-order valence-corrected chi connectivity index (χ4v) is 2.31. The molecule has 0 saturated heterocycles. The van der Waals surface area contributed by atoms with Gasteiger partial charge in [0.25, 0.3) is 5.91 Å². The predicted molar refractivity (Wildman–Crippen MR) is 84.0 cm³/mol. The Balaban J connectivity index is 1.97. The minimum absolute atomic E-state index is 0.172. The largest absolute Gasteiger partial charge is 0.326 e. The van der Waals surface area contributed by atoms with Crippen molar-refractivity contribution in [2.45, 2.75) is 6.54 Å². The molecule has 0 unspecified atom stereocenters. The summed E-state index contributed by atoms with van der Waals surface area (Å²) in [5, 5.41) is 3.91. The van der Waals surface area contributed by atoms with Gasteiger partial charge in [-0.05, 0) is 23.8 Å². The van der Waals surface area contributed by atoms with Gasteiger partial charge in [0.15, 0.2) is 0 Å². The highest BCUT2D eigenvalue weighted by Crippen LogP contribution is 2.21. The van der Waals surface area contributed by atoms with Crippen LogP contribution in [0.1, 0.15) is 15.9 Å². The summed E-state index contributed by atoms with van der Waals surface area (Å²) >= 11 is 0. The molecule has 1 aromatic heterocycles. The van der Waals surface area contributed by atoms with Crippen LogP contribution in [0, 0.1) is 0 Å². The lowest BCUT2D eigenvalue weighted by Gasteiger charge is -2.10. The molecule has 0 fully saturated rings. The molecule has 104 valence electrons. The van der Waals surface area contributed by atoms with Crippen molar-refractivity contribution >= 4 is 22.5 Å². The molecule has 21 heavy (non-hydrogen) atoms. The molecular weight excluding hydrogens is 262 g/mol. The Morgan fingerprint density at radius 2 is 1.86 bits per heavy atom. The van der Waals surface area contributed by atoms with E-state index in [0.717, 1.165) is 16.5 Å². The third-order valence-corrected chi connectivity index (χ3v) is 3.36. The first-order chi connectivity index (χ1) is 10.3. The van der Waals surface area contributed by atoms with Crippen LogP contribution in [-0.2, 0) is 6.54 Å². The number of anilines is 1. The number of nitrogens with zero attached hydrogens (tertiary/aromatic N) is 1. The van der Waals surface area contributed by atoms with E-state index in [1.807, 2.05) is 48.5 Å². The van der Waals surface area contributed by atoms with Crippen LogP contribution in [-0.4, -0.2) is 10.9 Å². The van der Waals surface area contributed by atoms with E-state index in [2.05, 4.69) is 10.3 Å². The number of fused-ring (bicyclic) bond motifs is 1. The Labute approximate surface area is 122 Å². The zero-order chi connectivity index (χ0) is 14.7. The average molecular weight is 277 g/mol. The highest BCUT2D eigenvalue weighted by molar-refractivity contribution is 6.09. The van der Waals surface area contributed by atoms with E-state index in [1.165, 1.54) is 0 Å². The Morgan fingerprint density at radius 3 is 2.71 bits per heavy atom. The number of amides is 1. The van der Waals surface area contributed by atoms with Crippen LogP contribution < -0.4 is 11.1 Å². The number of para-hydroxylation sites is 1. The lowest BCUT2D eigenvalue weighted by atomic mass is 10.1. The summed E-state index contributed by atoms with van der Waals surface area (Å²) < 4.78 is 0. The van der Waals surface area contributed by atoms with Crippen LogP contribution >= 0.6 is 0 Å². The highest BCUT2D eigenvalue weighted by Gasteiger charge is 2.11. The van der Waals surface area contributed by atoms with Gasteiger partial charge in [-0.3, -0.25) is 9.78 Å². The van der Waals surface area contributed by atoms with Crippen LogP contribution in [0.3, 0.4) is 0 Å². The molecule has 2 aromatic carbocycles. The Hall–Kier alpha value is -2.72. The molecule has 3 N–H and O–H groups in total. The summed E-state index contributed by atoms with van der Waals surface area (Å²) in [5.41, 5.74) is 8.57. The Kier molecular flexibility index (Phi) is 3.62. The molecule has 0 atom stereocenters. The average Bonchev–Trinajstić information content (AvgIpc) is 2.55. The molecule has 0 spiro atoms. The molecule has 4 nitrogen and oxygen atoms in total. The van der Waals surface area contributed by atoms with Gasteiger partial charge < -0.3 is 11.1 Å². The first-order valence-electron chi connectivity index (χ1n) is 6.72. The van der Waals surface area contributed by atoms with Gasteiger partial charge in [0.05, 0.1) is 11.2 Å². The predicted octanol–water partition coefficient (Wildman–Crippen LogP) is 2.95. The van der Waals surface area contributed by atoms with E-state index in [4.69, 9.17) is 5.73 Å². The van der Waals surface area contributed by atoms with Crippen molar-refractivity contribution < 1.29 is 4.79 Å². The molecular formula is C17H15N3O. The third kappa shape index (κ3) is 2.61. The summed E-state index contributed by atoms with van der Waals surface area (Å²) in [6.07, 6.45) is 1.71. The maximum atomic E-state index is 12.4. The highest BCUT2D eigenvalue weighted by atomic mass is 16.1. The van der Waals surface area contributed by atoms with Crippen molar-refractivity contribution in [2.24, 2.45) is 5.73 Å². The zero-order valence-corrected chi connectivity index (χ0v) is 11.4. The van der Waals surface area contributed by atoms with Gasteiger partial charge in [-0.15, -0.1) is 0 Å². The first-order valence-corrected chi connectivity index (χ1v) is 6.72. The first kappa shape index (κ1) is 13.3. The van der Waals surface area contributed by atoms with Crippen LogP contribution in [0.15, 0.2) is 60.8 Å². The summed E-state index contributed by atoms with van der Waals surface area (Å²) in [6, 6.07) is 16.9. The van der Waals surface area contributed by atoms with E-state index < -0.39 is 0 Å². The molecule has 0 saturated carbocycles. The molecule has 3 rings (SSSR count). The molecule has 0 aliphatic carbocycles. The summed E-state index contributed by atoms with van der Waals surface area (Å²) in [6.45, 7) is 0.331. The minimum Gasteiger partial charge on any atom is -0.326 e. The summed E-state index contributed by atoms with van der Waals surface area (Å²) in [4.78, 5) is 16.8. The van der Waals surface area contributed by atoms with Gasteiger partial charge in [0, 0.05) is 23.7 Å². The topological polar surface area (TPSA) is 68.0 Å². The fourth-order valence-electron chi connectivity index (χ4n) is 2.31. The van der Waals surface area contributed by atoms with Gasteiger partial charge in [0.2, 0.25) is 0 Å². The van der Waals surface area contributed by atoms with E-state index in [9.17, 15) is 4.79 Å². The number of aromatic nitrogens is 1. The Bertz CT molecular complexity index is 793. The number of rotatable bonds is 3. The fraction of sp³-hybridized carbons (Fsp3) is 0.0588. The molecule has 4 heteroatoms. The Morgan fingerprint density at radius 1 is 1.05 bits per heavy atom. The van der Waals surface area contributed by atoms with Gasteiger partial charge in [-0.1, -0.05) is 36.4 Å². The maximum absolute atomic E-state index is 12.4. The number of hydrogen-bond donors (Lipinski definition) is 2. The van der Waals surface area contributed by atoms with Crippen molar-refractivity contribution in [3.05, 3.63) is 71.9 Å². The standard InChI is InChI=1S/C17H15N3O/c18-11-13-5-1-2-8-14(13)17(21)20-15-9-3-6-12-7-4-10-19-16(12)15/h1-10H,11,18H2,(H,20,21). The second-order valence-electron chi connectivity index (χ2n) is 4.70. The minimum atomic E-state index is -0.172. The second kappa shape index (κ2) is 5.73. The number of carbonyl (C=O) groups is 1.